The summed E-state index contributed by atoms with van der Waals surface area (Å²) in [7, 11) is 0. The van der Waals surface area contributed by atoms with Crippen LogP contribution in [-0.2, 0) is 9.47 Å². The molecule has 7 nitrogen and oxygen atoms in total. The number of nitrogens with zero attached hydrogens (tertiary/aromatic N) is 2. The summed E-state index contributed by atoms with van der Waals surface area (Å²) in [6, 6.07) is 7.78. The maximum atomic E-state index is 12.4. The molecule has 0 bridgehead atoms. The lowest BCUT2D eigenvalue weighted by molar-refractivity contribution is -0.0246. The highest BCUT2D eigenvalue weighted by Crippen LogP contribution is 2.39. The highest BCUT2D eigenvalue weighted by molar-refractivity contribution is 5.90. The van der Waals surface area contributed by atoms with Crippen LogP contribution in [-0.4, -0.2) is 48.1 Å². The average molecular weight is 317 g/mol. The Balaban J connectivity index is 1.95. The lowest BCUT2D eigenvalue weighted by atomic mass is 10.0. The third-order valence-electron chi connectivity index (χ3n) is 3.75. The Morgan fingerprint density at radius 2 is 1.87 bits per heavy atom. The summed E-state index contributed by atoms with van der Waals surface area (Å²) >= 11 is 0. The van der Waals surface area contributed by atoms with E-state index in [1.165, 1.54) is 10.0 Å². The number of benzene rings is 1. The highest BCUT2D eigenvalue weighted by atomic mass is 16.6. The van der Waals surface area contributed by atoms with Crippen LogP contribution in [0.25, 0.3) is 5.57 Å². The van der Waals surface area contributed by atoms with Crippen LogP contribution < -0.4 is 5.32 Å². The topological polar surface area (TPSA) is 71.1 Å². The second-order valence-corrected chi connectivity index (χ2v) is 5.08. The van der Waals surface area contributed by atoms with Crippen LogP contribution in [0.2, 0.25) is 0 Å². The minimum absolute atomic E-state index is 0.227. The predicted octanol–water partition coefficient (Wildman–Crippen LogP) is 2.67. The van der Waals surface area contributed by atoms with Crippen molar-refractivity contribution in [3.05, 3.63) is 35.9 Å². The first-order valence-corrected chi connectivity index (χ1v) is 7.63. The summed E-state index contributed by atoms with van der Waals surface area (Å²) < 4.78 is 10.2. The smallest absolute Gasteiger partial charge is 0.431 e. The number of nitrogens with one attached hydrogen (secondary N) is 1. The van der Waals surface area contributed by atoms with Crippen LogP contribution in [0.1, 0.15) is 19.4 Å². The molecule has 0 aliphatic carbocycles. The van der Waals surface area contributed by atoms with E-state index < -0.39 is 18.4 Å². The average Bonchev–Trinajstić information content (AvgIpc) is 2.92. The molecule has 0 spiro atoms. The second-order valence-electron chi connectivity index (χ2n) is 5.08. The molecule has 0 fully saturated rings. The molecule has 7 heteroatoms. The van der Waals surface area contributed by atoms with Gasteiger partial charge in [-0.25, -0.2) is 14.6 Å². The lowest BCUT2D eigenvalue weighted by Crippen LogP contribution is -2.58. The van der Waals surface area contributed by atoms with E-state index in [2.05, 4.69) is 5.32 Å². The van der Waals surface area contributed by atoms with Crippen molar-refractivity contribution in [1.29, 1.82) is 0 Å². The SMILES string of the molecule is CCOC(=O)N1CC=C2c3ccccc3NC2N1C(=O)OCC. The number of carbonyl (C=O) groups is 2. The van der Waals surface area contributed by atoms with E-state index in [9.17, 15) is 9.59 Å². The molecule has 23 heavy (non-hydrogen) atoms. The molecule has 1 atom stereocenters. The number of ether oxygens (including phenoxy) is 2. The van der Waals surface area contributed by atoms with Gasteiger partial charge in [-0.3, -0.25) is 0 Å². The fraction of sp³-hybridized carbons (Fsp3) is 0.375. The lowest BCUT2D eigenvalue weighted by Gasteiger charge is -2.39. The van der Waals surface area contributed by atoms with E-state index in [0.29, 0.717) is 0 Å². The van der Waals surface area contributed by atoms with Crippen molar-refractivity contribution >= 4 is 23.4 Å². The van der Waals surface area contributed by atoms with Gasteiger partial charge in [0.05, 0.1) is 19.8 Å². The predicted molar refractivity (Wildman–Crippen MR) is 84.4 cm³/mol. The van der Waals surface area contributed by atoms with Crippen molar-refractivity contribution in [1.82, 2.24) is 10.0 Å². The van der Waals surface area contributed by atoms with Gasteiger partial charge in [0.15, 0.2) is 6.17 Å². The molecule has 1 aromatic rings. The molecule has 2 amide bonds. The second kappa shape index (κ2) is 6.20. The van der Waals surface area contributed by atoms with Gasteiger partial charge < -0.3 is 14.8 Å². The van der Waals surface area contributed by atoms with Crippen LogP contribution in [0.15, 0.2) is 30.3 Å². The zero-order valence-corrected chi connectivity index (χ0v) is 13.1. The number of fused-ring (bicyclic) bond motifs is 3. The van der Waals surface area contributed by atoms with Crippen molar-refractivity contribution in [2.75, 3.05) is 25.1 Å². The minimum Gasteiger partial charge on any atom is -0.448 e. The monoisotopic (exact) mass is 317 g/mol. The number of carbonyl (C=O) groups excluding carboxylic acids is 2. The maximum absolute atomic E-state index is 12.4. The van der Waals surface area contributed by atoms with Gasteiger partial charge in [0.25, 0.3) is 0 Å². The number of amides is 2. The van der Waals surface area contributed by atoms with E-state index in [4.69, 9.17) is 9.47 Å². The Bertz CT molecular complexity index is 658. The molecule has 2 aliphatic rings. The van der Waals surface area contributed by atoms with Crippen LogP contribution in [0, 0.1) is 0 Å². The summed E-state index contributed by atoms with van der Waals surface area (Å²) in [6.07, 6.45) is 0.283. The van der Waals surface area contributed by atoms with Crippen molar-refractivity contribution in [3.8, 4) is 0 Å². The normalized spacial score (nSPS) is 18.5. The van der Waals surface area contributed by atoms with E-state index >= 15 is 0 Å². The standard InChI is InChI=1S/C16H19N3O4/c1-3-22-15(20)18-10-9-12-11-7-5-6-8-13(11)17-14(12)19(18)16(21)23-4-2/h5-9,14,17H,3-4,10H2,1-2H3. The molecule has 2 heterocycles. The van der Waals surface area contributed by atoms with Gasteiger partial charge in [0.1, 0.15) is 0 Å². The Labute approximate surface area is 134 Å². The summed E-state index contributed by atoms with van der Waals surface area (Å²) in [5.74, 6) is 0. The number of anilines is 1. The minimum atomic E-state index is -0.587. The molecular weight excluding hydrogens is 298 g/mol. The molecule has 1 unspecified atom stereocenters. The van der Waals surface area contributed by atoms with Crippen LogP contribution in [0.3, 0.4) is 0 Å². The van der Waals surface area contributed by atoms with Gasteiger partial charge in [-0.2, -0.15) is 5.01 Å². The Morgan fingerprint density at radius 3 is 2.61 bits per heavy atom. The van der Waals surface area contributed by atoms with Gasteiger partial charge in [-0.05, 0) is 19.9 Å². The zero-order chi connectivity index (χ0) is 16.4. The zero-order valence-electron chi connectivity index (χ0n) is 13.1. The third kappa shape index (κ3) is 2.58. The van der Waals surface area contributed by atoms with Crippen molar-refractivity contribution in [3.63, 3.8) is 0 Å². The first kappa shape index (κ1) is 15.2. The first-order chi connectivity index (χ1) is 11.2. The molecule has 0 saturated heterocycles. The molecule has 2 aliphatic heterocycles. The number of hydrogen-bond acceptors (Lipinski definition) is 5. The van der Waals surface area contributed by atoms with E-state index in [-0.39, 0.29) is 19.8 Å². The van der Waals surface area contributed by atoms with Crippen molar-refractivity contribution in [2.24, 2.45) is 0 Å². The molecule has 0 aromatic heterocycles. The molecule has 122 valence electrons. The largest absolute Gasteiger partial charge is 0.448 e. The summed E-state index contributed by atoms with van der Waals surface area (Å²) in [6.45, 7) is 4.16. The fourth-order valence-corrected chi connectivity index (χ4v) is 2.81. The highest BCUT2D eigenvalue weighted by Gasteiger charge is 2.43. The van der Waals surface area contributed by atoms with Gasteiger partial charge in [0, 0.05) is 16.8 Å². The number of para-hydroxylation sites is 1. The first-order valence-electron chi connectivity index (χ1n) is 7.63. The Hall–Kier alpha value is -2.70. The van der Waals surface area contributed by atoms with Crippen LogP contribution in [0.4, 0.5) is 15.3 Å². The van der Waals surface area contributed by atoms with Gasteiger partial charge in [-0.1, -0.05) is 24.3 Å². The summed E-state index contributed by atoms with van der Waals surface area (Å²) in [5, 5.41) is 5.81. The summed E-state index contributed by atoms with van der Waals surface area (Å²) in [4.78, 5) is 24.6. The van der Waals surface area contributed by atoms with E-state index in [0.717, 1.165) is 16.8 Å². The van der Waals surface area contributed by atoms with E-state index in [1.54, 1.807) is 13.8 Å². The van der Waals surface area contributed by atoms with Crippen LogP contribution >= 0.6 is 0 Å². The molecule has 0 saturated carbocycles. The Kier molecular flexibility index (Phi) is 4.10. The van der Waals surface area contributed by atoms with Gasteiger partial charge in [0.2, 0.25) is 0 Å². The third-order valence-corrected chi connectivity index (χ3v) is 3.75. The van der Waals surface area contributed by atoms with Gasteiger partial charge >= 0.3 is 12.2 Å². The number of hydrazine groups is 1. The molecule has 1 N–H and O–H groups in total. The fourth-order valence-electron chi connectivity index (χ4n) is 2.81. The van der Waals surface area contributed by atoms with Gasteiger partial charge in [-0.15, -0.1) is 0 Å². The molecule has 0 radical (unpaired) electrons. The maximum Gasteiger partial charge on any atom is 0.431 e. The van der Waals surface area contributed by atoms with Crippen molar-refractivity contribution < 1.29 is 19.1 Å². The number of rotatable bonds is 2. The quantitative estimate of drug-likeness (QED) is 0.908. The molecule has 3 rings (SSSR count). The molecule has 1 aromatic carbocycles. The van der Waals surface area contributed by atoms with Crippen LogP contribution in [0.5, 0.6) is 0 Å². The Morgan fingerprint density at radius 1 is 1.17 bits per heavy atom. The molecular formula is C16H19N3O4. The van der Waals surface area contributed by atoms with E-state index in [1.807, 2.05) is 30.3 Å². The number of hydrogen-bond donors (Lipinski definition) is 1. The summed E-state index contributed by atoms with van der Waals surface area (Å²) in [5.41, 5.74) is 2.90. The van der Waals surface area contributed by atoms with Crippen molar-refractivity contribution in [2.45, 2.75) is 20.0 Å².